The van der Waals surface area contributed by atoms with Crippen molar-refractivity contribution in [2.45, 2.75) is 14.4 Å². The summed E-state index contributed by atoms with van der Waals surface area (Å²) in [7, 11) is 0.917. The first kappa shape index (κ1) is 10.3. The van der Waals surface area contributed by atoms with Gasteiger partial charge in [-0.05, 0) is 6.92 Å². The summed E-state index contributed by atoms with van der Waals surface area (Å²) in [4.78, 5) is 0. The molecule has 0 amide bonds. The van der Waals surface area contributed by atoms with Gasteiger partial charge in [-0.1, -0.05) is 7.43 Å². The van der Waals surface area contributed by atoms with Crippen LogP contribution in [0.15, 0.2) is 0 Å². The van der Waals surface area contributed by atoms with Gasteiger partial charge in [-0.15, -0.1) is 12.3 Å². The topological polar surface area (TPSA) is 0 Å². The lowest BCUT2D eigenvalue weighted by Crippen LogP contribution is -1.10. The summed E-state index contributed by atoms with van der Waals surface area (Å²) in [6.07, 6.45) is 4.60. The molecule has 0 aliphatic carbocycles. The monoisotopic (exact) mass is 159 g/mol. The molecule has 0 fully saturated rings. The van der Waals surface area contributed by atoms with E-state index in [0.717, 1.165) is 8.88 Å². The smallest absolute Gasteiger partial charge is 0 e. The Balaban J connectivity index is -0.0000000116. The van der Waals surface area contributed by atoms with Gasteiger partial charge in [-0.2, -0.15) is 0 Å². The summed E-state index contributed by atoms with van der Waals surface area (Å²) in [5.74, 6) is 2.25. The van der Waals surface area contributed by atoms with Crippen LogP contribution < -0.4 is 0 Å². The van der Waals surface area contributed by atoms with Crippen molar-refractivity contribution in [2.75, 3.05) is 0 Å². The van der Waals surface area contributed by atoms with E-state index in [9.17, 15) is 0 Å². The van der Waals surface area contributed by atoms with Gasteiger partial charge < -0.3 is 0 Å². The zero-order valence-corrected chi connectivity index (χ0v) is 5.75. The first-order valence-electron chi connectivity index (χ1n) is 2.12. The maximum atomic E-state index is 5.00. The predicted octanol–water partition coefficient (Wildman–Crippen LogP) is 1.76. The summed E-state index contributed by atoms with van der Waals surface area (Å²) in [6, 6.07) is 0. The van der Waals surface area contributed by atoms with E-state index in [0.29, 0.717) is 0 Å². The Morgan fingerprint density at radius 1 is 1.86 bits per heavy atom. The first-order chi connectivity index (χ1) is 3.83. The Bertz CT molecular complexity index is 82.2. The summed E-state index contributed by atoms with van der Waals surface area (Å²) in [5, 5.41) is 0. The number of hydrogen-bond donors (Lipinski definition) is 0. The van der Waals surface area contributed by atoms with Crippen LogP contribution in [0.25, 0.3) is 0 Å². The molecule has 0 N–H and O–H groups in total. The van der Waals surface area contributed by atoms with E-state index < -0.39 is 0 Å². The molecule has 46 valence electrons. The average Bonchev–Trinajstić information content (AvgIpc) is 1.75. The highest BCUT2D eigenvalue weighted by Gasteiger charge is 1.09. The SMILES string of the molecule is C.C#CC.S=S=S.[2HH].[2H][2H]. The summed E-state index contributed by atoms with van der Waals surface area (Å²) < 4.78 is 10.0. The molecule has 0 aromatic carbocycles. The number of terminal acetylenes is 1. The van der Waals surface area contributed by atoms with Gasteiger partial charge >= 0.3 is 0 Å². The van der Waals surface area contributed by atoms with Gasteiger partial charge in [0.2, 0.25) is 0 Å². The molecule has 0 radical (unpaired) electrons. The second kappa shape index (κ2) is 34.4. The average molecular weight is 159 g/mol. The first-order valence-corrected chi connectivity index (χ1v) is 3.79. The zero-order chi connectivity index (χ0) is 7.41. The fraction of sp³-hybridized carbons (Fsp3) is 0.500. The van der Waals surface area contributed by atoms with Crippen LogP contribution in [-0.4, -0.2) is 0 Å². The minimum atomic E-state index is 0. The second-order valence-electron chi connectivity index (χ2n) is 0.357. The van der Waals surface area contributed by atoms with Gasteiger partial charge in [0.05, 0.1) is 0 Å². The van der Waals surface area contributed by atoms with E-state index in [1.165, 1.54) is 0 Å². The standard InChI is InChI=1S/C3H4.CH4.S3.2H2/c1-3-2;;1-3-2;;/h1H,2H3;1H4;;2*1H/i;;;1+1D;1+1. The van der Waals surface area contributed by atoms with Gasteiger partial charge in [0.15, 0.2) is 0 Å². The van der Waals surface area contributed by atoms with Crippen LogP contribution >= 0.6 is 0 Å². The van der Waals surface area contributed by atoms with Gasteiger partial charge in [0, 0.05) is 35.7 Å². The summed E-state index contributed by atoms with van der Waals surface area (Å²) >= 11 is 8.25. The molecule has 0 nitrogen and oxygen atoms in total. The van der Waals surface area contributed by atoms with Crippen molar-refractivity contribution in [3.63, 3.8) is 0 Å². The number of rotatable bonds is 0. The van der Waals surface area contributed by atoms with Crippen molar-refractivity contribution in [3.05, 3.63) is 0 Å². The Kier molecular flexibility index (Phi) is 50.4. The molecule has 0 rings (SSSR count). The maximum absolute atomic E-state index is 5.00. The van der Waals surface area contributed by atoms with E-state index in [-0.39, 0.29) is 8.85 Å². The van der Waals surface area contributed by atoms with E-state index in [2.05, 4.69) is 34.7 Å². The van der Waals surface area contributed by atoms with Gasteiger partial charge in [-0.3, -0.25) is 0 Å². The molecule has 0 heterocycles. The molecule has 0 aromatic heterocycles. The Morgan fingerprint density at radius 3 is 1.86 bits per heavy atom. The third-order valence-electron chi connectivity index (χ3n) is 0. The highest BCUT2D eigenvalue weighted by Crippen LogP contribution is 1.21. The highest BCUT2D eigenvalue weighted by molar-refractivity contribution is 8.37. The quantitative estimate of drug-likeness (QED) is 0.494. The Labute approximate surface area is 62.8 Å². The summed E-state index contributed by atoms with van der Waals surface area (Å²) in [6.45, 7) is 1.65. The van der Waals surface area contributed by atoms with E-state index in [4.69, 9.17) is 2.97 Å². The second-order valence-corrected chi connectivity index (χ2v) is 2.13. The molecule has 0 saturated heterocycles. The molecular formula is C4H12S3. The maximum Gasteiger partial charge on any atom is 0 e. The van der Waals surface area contributed by atoms with Gasteiger partial charge in [0.25, 0.3) is 0 Å². The zero-order valence-electron chi connectivity index (χ0n) is 5.30. The predicted molar refractivity (Wildman–Crippen MR) is 47.6 cm³/mol. The summed E-state index contributed by atoms with van der Waals surface area (Å²) in [5.41, 5.74) is 0. The number of hydrogen-bond acceptors (Lipinski definition) is 2. The molecule has 0 aliphatic heterocycles. The van der Waals surface area contributed by atoms with Gasteiger partial charge in [-0.25, -0.2) is 0 Å². The van der Waals surface area contributed by atoms with Crippen LogP contribution in [0.2, 0.25) is 0 Å². The fourth-order valence-corrected chi connectivity index (χ4v) is 0. The van der Waals surface area contributed by atoms with Crippen LogP contribution in [0.4, 0.5) is 0 Å². The van der Waals surface area contributed by atoms with Crippen molar-refractivity contribution in [1.82, 2.24) is 0 Å². The Hall–Kier alpha value is 0.220. The van der Waals surface area contributed by atoms with Crippen LogP contribution in [0, 0.1) is 12.3 Å². The third kappa shape index (κ3) is 2290. The molecule has 3 heteroatoms. The third-order valence-corrected chi connectivity index (χ3v) is 0. The van der Waals surface area contributed by atoms with Crippen LogP contribution in [0.3, 0.4) is 0 Å². The molecule has 0 aliphatic rings. The van der Waals surface area contributed by atoms with Crippen molar-refractivity contribution < 1.29 is 4.40 Å². The van der Waals surface area contributed by atoms with Crippen molar-refractivity contribution in [3.8, 4) is 12.3 Å². The van der Waals surface area contributed by atoms with Crippen molar-refractivity contribution in [1.29, 1.82) is 0 Å². The lowest BCUT2D eigenvalue weighted by atomic mass is 10.9. The van der Waals surface area contributed by atoms with Crippen LogP contribution in [0.1, 0.15) is 18.7 Å². The highest BCUT2D eigenvalue weighted by atomic mass is 33.1. The molecule has 0 unspecified atom stereocenters. The Morgan fingerprint density at radius 2 is 1.86 bits per heavy atom. The molecule has 7 heavy (non-hydrogen) atoms. The lowest BCUT2D eigenvalue weighted by Gasteiger charge is -1.23. The minimum absolute atomic E-state index is 0. The minimum Gasteiger partial charge on any atom is -0.120 e. The van der Waals surface area contributed by atoms with E-state index >= 15 is 0 Å². The van der Waals surface area contributed by atoms with Crippen LogP contribution in [0.5, 0.6) is 0 Å². The van der Waals surface area contributed by atoms with Crippen LogP contribution in [-0.2, 0) is 31.3 Å². The molecule has 0 spiro atoms. The van der Waals surface area contributed by atoms with Crippen molar-refractivity contribution in [2.24, 2.45) is 0 Å². The van der Waals surface area contributed by atoms with Crippen molar-refractivity contribution >= 4 is 31.3 Å². The van der Waals surface area contributed by atoms with E-state index in [1.807, 2.05) is 0 Å². The largest absolute Gasteiger partial charge is 0.120 e. The lowest BCUT2D eigenvalue weighted by molar-refractivity contribution is 1.94. The molecular weight excluding hydrogens is 144 g/mol. The molecule has 0 aromatic rings. The molecule has 0 bridgehead atoms. The fourth-order valence-electron chi connectivity index (χ4n) is 0. The molecule has 0 saturated carbocycles. The van der Waals surface area contributed by atoms with Gasteiger partial charge in [0.1, 0.15) is 0 Å². The van der Waals surface area contributed by atoms with E-state index in [1.54, 1.807) is 6.92 Å². The normalized spacial score (nSPS) is 4.00. The molecule has 0 atom stereocenters.